The molecular weight excluding hydrogens is 623 g/mol. The van der Waals surface area contributed by atoms with E-state index in [0.717, 1.165) is 16.7 Å². The molecule has 5 rings (SSSR count). The lowest BCUT2D eigenvalue weighted by Gasteiger charge is -2.39. The predicted molar refractivity (Wildman–Crippen MR) is 185 cm³/mol. The number of ether oxygens (including phenoxy) is 3. The number of halogens is 1. The van der Waals surface area contributed by atoms with Crippen molar-refractivity contribution in [2.24, 2.45) is 5.92 Å². The number of nitrogens with zero attached hydrogens (tertiary/aromatic N) is 1. The van der Waals surface area contributed by atoms with E-state index in [4.69, 9.17) is 14.2 Å². The van der Waals surface area contributed by atoms with Crippen LogP contribution in [0.25, 0.3) is 0 Å². The molecule has 0 bridgehead atoms. The molecule has 1 aliphatic heterocycles. The van der Waals surface area contributed by atoms with Crippen LogP contribution >= 0.6 is 0 Å². The number of carbonyl (C=O) groups is 3. The number of aryl methyl sites for hydroxylation is 2. The first-order valence-electron chi connectivity index (χ1n) is 16.4. The van der Waals surface area contributed by atoms with Crippen molar-refractivity contribution in [3.05, 3.63) is 130 Å². The molecule has 8 nitrogen and oxygen atoms in total. The molecule has 0 aliphatic carbocycles. The molecular formula is C40H43FN2O6. The van der Waals surface area contributed by atoms with Crippen molar-refractivity contribution >= 4 is 17.9 Å². The molecule has 0 aromatic heterocycles. The van der Waals surface area contributed by atoms with Gasteiger partial charge in [-0.1, -0.05) is 79.6 Å². The van der Waals surface area contributed by atoms with Gasteiger partial charge in [0.2, 0.25) is 11.8 Å². The van der Waals surface area contributed by atoms with Gasteiger partial charge in [0.1, 0.15) is 17.3 Å². The summed E-state index contributed by atoms with van der Waals surface area (Å²) in [5.74, 6) is -1.21. The van der Waals surface area contributed by atoms with Crippen LogP contribution in [-0.4, -0.2) is 43.1 Å². The molecule has 1 aliphatic rings. The van der Waals surface area contributed by atoms with Crippen LogP contribution < -0.4 is 14.8 Å². The van der Waals surface area contributed by atoms with E-state index in [1.165, 1.54) is 17.0 Å². The van der Waals surface area contributed by atoms with Gasteiger partial charge in [0.25, 0.3) is 0 Å². The van der Waals surface area contributed by atoms with E-state index in [9.17, 15) is 18.8 Å². The van der Waals surface area contributed by atoms with Gasteiger partial charge in [-0.05, 0) is 67.3 Å². The van der Waals surface area contributed by atoms with Gasteiger partial charge < -0.3 is 19.5 Å². The number of hydrogen-bond donors (Lipinski definition) is 1. The fourth-order valence-electron chi connectivity index (χ4n) is 6.81. The van der Waals surface area contributed by atoms with Crippen LogP contribution in [0, 0.1) is 25.6 Å². The van der Waals surface area contributed by atoms with Crippen molar-refractivity contribution in [3.8, 4) is 11.5 Å². The van der Waals surface area contributed by atoms with Crippen molar-refractivity contribution in [2.45, 2.75) is 64.6 Å². The lowest BCUT2D eigenvalue weighted by atomic mass is 9.74. The van der Waals surface area contributed by atoms with Crippen molar-refractivity contribution in [2.75, 3.05) is 14.2 Å². The normalized spacial score (nSPS) is 15.9. The van der Waals surface area contributed by atoms with Crippen LogP contribution in [0.2, 0.25) is 0 Å². The second-order valence-corrected chi connectivity index (χ2v) is 12.9. The highest BCUT2D eigenvalue weighted by molar-refractivity contribution is 5.95. The number of amides is 3. The third-order valence-electron chi connectivity index (χ3n) is 9.08. The van der Waals surface area contributed by atoms with Crippen LogP contribution in [0.5, 0.6) is 11.5 Å². The topological polar surface area (TPSA) is 94.2 Å². The highest BCUT2D eigenvalue weighted by Crippen LogP contribution is 2.53. The number of carbonyl (C=O) groups excluding carboxylic acids is 3. The van der Waals surface area contributed by atoms with E-state index >= 15 is 0 Å². The maximum absolute atomic E-state index is 14.5. The quantitative estimate of drug-likeness (QED) is 0.168. The number of cyclic esters (lactones) is 1. The van der Waals surface area contributed by atoms with E-state index in [1.54, 1.807) is 26.4 Å². The summed E-state index contributed by atoms with van der Waals surface area (Å²) in [7, 11) is 3.10. The summed E-state index contributed by atoms with van der Waals surface area (Å²) in [6, 6.07) is 25.7. The maximum Gasteiger partial charge on any atom is 0.418 e. The average molecular weight is 667 g/mol. The second-order valence-electron chi connectivity index (χ2n) is 12.9. The van der Waals surface area contributed by atoms with E-state index in [1.807, 2.05) is 94.4 Å². The number of hydrogen-bond acceptors (Lipinski definition) is 6. The Labute approximate surface area is 287 Å². The van der Waals surface area contributed by atoms with Crippen molar-refractivity contribution < 1.29 is 33.0 Å². The SMILES string of the molecule is COc1ccc(C)cc1C1(c2cc(C)ccc2OC)OC(=O)N(C(=O)C[C@H](CC(=O)NCc2ccccc2)c2ccc(F)cc2)[C@H]1C(C)C. The van der Waals surface area contributed by atoms with E-state index in [2.05, 4.69) is 5.32 Å². The Morgan fingerprint density at radius 2 is 1.43 bits per heavy atom. The Hall–Kier alpha value is -5.18. The molecule has 49 heavy (non-hydrogen) atoms. The standard InChI is InChI=1S/C40H43FN2O6/c1-25(2)38-40(32-20-26(3)12-18-34(32)47-5,33-21-27(4)13-19-35(33)48-6)49-39(46)43(38)37(45)23-30(29-14-16-31(41)17-15-29)22-36(44)42-24-28-10-8-7-9-11-28/h7-21,25,30,38H,22-24H2,1-6H3,(H,42,44)/t30-,38-/m0/s1. The van der Waals surface area contributed by atoms with Crippen molar-refractivity contribution in [1.82, 2.24) is 10.2 Å². The fourth-order valence-corrected chi connectivity index (χ4v) is 6.81. The molecule has 2 atom stereocenters. The molecule has 0 saturated carbocycles. The third-order valence-corrected chi connectivity index (χ3v) is 9.08. The summed E-state index contributed by atoms with van der Waals surface area (Å²) in [6.45, 7) is 8.05. The van der Waals surface area contributed by atoms with Crippen molar-refractivity contribution in [1.29, 1.82) is 0 Å². The molecule has 3 amide bonds. The molecule has 4 aromatic rings. The second kappa shape index (κ2) is 14.9. The molecule has 1 N–H and O–H groups in total. The minimum absolute atomic E-state index is 0.0536. The maximum atomic E-state index is 14.5. The third kappa shape index (κ3) is 7.31. The molecule has 1 saturated heterocycles. The lowest BCUT2D eigenvalue weighted by molar-refractivity contribution is -0.131. The van der Waals surface area contributed by atoms with Crippen LogP contribution in [0.15, 0.2) is 91.0 Å². The number of imide groups is 1. The van der Waals surface area contributed by atoms with Gasteiger partial charge in [-0.25, -0.2) is 14.1 Å². The molecule has 1 fully saturated rings. The van der Waals surface area contributed by atoms with Gasteiger partial charge in [-0.15, -0.1) is 0 Å². The summed E-state index contributed by atoms with van der Waals surface area (Å²) < 4.78 is 32.1. The molecule has 1 heterocycles. The molecule has 0 radical (unpaired) electrons. The number of benzene rings is 4. The van der Waals surface area contributed by atoms with Gasteiger partial charge >= 0.3 is 6.09 Å². The van der Waals surface area contributed by atoms with Gasteiger partial charge in [-0.3, -0.25) is 9.59 Å². The Balaban J connectivity index is 1.57. The van der Waals surface area contributed by atoms with Crippen LogP contribution in [0.1, 0.15) is 66.0 Å². The van der Waals surface area contributed by atoms with E-state index in [0.29, 0.717) is 34.7 Å². The zero-order chi connectivity index (χ0) is 35.3. The Morgan fingerprint density at radius 1 is 0.857 bits per heavy atom. The van der Waals surface area contributed by atoms with E-state index in [-0.39, 0.29) is 24.7 Å². The average Bonchev–Trinajstić information content (AvgIpc) is 3.41. The Kier molecular flexibility index (Phi) is 10.7. The Morgan fingerprint density at radius 3 is 1.96 bits per heavy atom. The summed E-state index contributed by atoms with van der Waals surface area (Å²) in [4.78, 5) is 43.2. The minimum atomic E-state index is -1.51. The van der Waals surface area contributed by atoms with Crippen LogP contribution in [0.3, 0.4) is 0 Å². The summed E-state index contributed by atoms with van der Waals surface area (Å²) in [6.07, 6.45) is -1.07. The number of nitrogens with one attached hydrogen (secondary N) is 1. The highest BCUT2D eigenvalue weighted by atomic mass is 19.1. The van der Waals surface area contributed by atoms with E-state index < -0.39 is 35.4 Å². The lowest BCUT2D eigenvalue weighted by Crippen LogP contribution is -2.50. The van der Waals surface area contributed by atoms with Gasteiger partial charge in [0.05, 0.1) is 20.3 Å². The molecule has 9 heteroatoms. The smallest absolute Gasteiger partial charge is 0.418 e. The molecule has 0 spiro atoms. The van der Waals surface area contributed by atoms with Crippen LogP contribution in [-0.2, 0) is 26.5 Å². The van der Waals surface area contributed by atoms with Crippen LogP contribution in [0.4, 0.5) is 9.18 Å². The minimum Gasteiger partial charge on any atom is -0.496 e. The molecule has 256 valence electrons. The fraction of sp³-hybridized carbons (Fsp3) is 0.325. The summed E-state index contributed by atoms with van der Waals surface area (Å²) in [5.41, 5.74) is 3.00. The number of methoxy groups -OCH3 is 2. The molecule has 0 unspecified atom stereocenters. The highest BCUT2D eigenvalue weighted by Gasteiger charge is 2.61. The Bertz CT molecular complexity index is 1750. The van der Waals surface area contributed by atoms with Gasteiger partial charge in [0.15, 0.2) is 5.60 Å². The summed E-state index contributed by atoms with van der Waals surface area (Å²) in [5, 5.41) is 2.92. The first kappa shape index (κ1) is 35.1. The monoisotopic (exact) mass is 666 g/mol. The zero-order valence-corrected chi connectivity index (χ0v) is 28.8. The van der Waals surface area contributed by atoms with Gasteiger partial charge in [0, 0.05) is 36.4 Å². The number of rotatable bonds is 12. The largest absolute Gasteiger partial charge is 0.496 e. The molecule has 4 aromatic carbocycles. The summed E-state index contributed by atoms with van der Waals surface area (Å²) >= 11 is 0. The van der Waals surface area contributed by atoms with Crippen molar-refractivity contribution in [3.63, 3.8) is 0 Å². The van der Waals surface area contributed by atoms with Gasteiger partial charge in [-0.2, -0.15) is 0 Å². The first-order valence-corrected chi connectivity index (χ1v) is 16.4. The predicted octanol–water partition coefficient (Wildman–Crippen LogP) is 7.59. The first-order chi connectivity index (χ1) is 23.5. The zero-order valence-electron chi connectivity index (χ0n) is 28.8.